The van der Waals surface area contributed by atoms with Crippen molar-refractivity contribution < 1.29 is 22.3 Å². The van der Waals surface area contributed by atoms with E-state index in [1.54, 1.807) is 6.07 Å². The van der Waals surface area contributed by atoms with Crippen molar-refractivity contribution >= 4 is 15.9 Å². The highest BCUT2D eigenvalue weighted by molar-refractivity contribution is 7.88. The van der Waals surface area contributed by atoms with Gasteiger partial charge >= 0.3 is 0 Å². The molecule has 0 aromatic heterocycles. The van der Waals surface area contributed by atoms with Crippen molar-refractivity contribution in [1.29, 1.82) is 0 Å². The van der Waals surface area contributed by atoms with Gasteiger partial charge in [0, 0.05) is 37.7 Å². The lowest BCUT2D eigenvalue weighted by atomic mass is 9.97. The summed E-state index contributed by atoms with van der Waals surface area (Å²) in [4.78, 5) is 12.3. The largest absolute Gasteiger partial charge is 0.376 e. The number of carbonyl (C=O) groups is 1. The van der Waals surface area contributed by atoms with E-state index in [0.717, 1.165) is 19.4 Å². The molecule has 6 nitrogen and oxygen atoms in total. The molecule has 1 N–H and O–H groups in total. The van der Waals surface area contributed by atoms with Gasteiger partial charge in [-0.05, 0) is 31.7 Å². The van der Waals surface area contributed by atoms with Gasteiger partial charge in [0.25, 0.3) is 0 Å². The van der Waals surface area contributed by atoms with Gasteiger partial charge in [0.15, 0.2) is 0 Å². The van der Waals surface area contributed by atoms with Crippen molar-refractivity contribution in [3.05, 3.63) is 35.6 Å². The Bertz CT molecular complexity index is 726. The first-order valence-electron chi connectivity index (χ1n) is 9.06. The minimum atomic E-state index is -3.59. The molecule has 8 heteroatoms. The van der Waals surface area contributed by atoms with Crippen LogP contribution in [0.15, 0.2) is 24.3 Å². The Kier molecular flexibility index (Phi) is 6.26. The number of ether oxygens (including phenoxy) is 1. The van der Waals surface area contributed by atoms with E-state index in [4.69, 9.17) is 4.74 Å². The van der Waals surface area contributed by atoms with Crippen LogP contribution in [-0.4, -0.2) is 51.0 Å². The maximum absolute atomic E-state index is 13.7. The number of hydrogen-bond donors (Lipinski definition) is 1. The maximum Gasteiger partial charge on any atom is 0.223 e. The lowest BCUT2D eigenvalue weighted by molar-refractivity contribution is -0.126. The topological polar surface area (TPSA) is 75.7 Å². The number of nitrogens with one attached hydrogen (secondary N) is 1. The average molecular weight is 384 g/mol. The monoisotopic (exact) mass is 384 g/mol. The standard InChI is InChI=1S/C18H25FN2O4S/c19-17-6-2-1-4-15(17)13-26(23,24)21-9-7-14(8-10-21)18(22)20-12-16-5-3-11-25-16/h1-2,4,6,14,16H,3,5,7-13H2,(H,20,22)/t16-/m1/s1. The van der Waals surface area contributed by atoms with E-state index in [2.05, 4.69) is 5.32 Å². The molecule has 2 aliphatic heterocycles. The third-order valence-corrected chi connectivity index (χ3v) is 6.87. The summed E-state index contributed by atoms with van der Waals surface area (Å²) in [6.45, 7) is 1.84. The number of rotatable bonds is 6. The van der Waals surface area contributed by atoms with Gasteiger partial charge < -0.3 is 10.1 Å². The van der Waals surface area contributed by atoms with E-state index in [-0.39, 0.29) is 42.3 Å². The quantitative estimate of drug-likeness (QED) is 0.809. The van der Waals surface area contributed by atoms with Crippen LogP contribution >= 0.6 is 0 Å². The van der Waals surface area contributed by atoms with Crippen molar-refractivity contribution in [2.24, 2.45) is 5.92 Å². The third-order valence-electron chi connectivity index (χ3n) is 5.04. The molecule has 0 aliphatic carbocycles. The Morgan fingerprint density at radius 2 is 1.96 bits per heavy atom. The molecule has 0 bridgehead atoms. The summed E-state index contributed by atoms with van der Waals surface area (Å²) in [5, 5.41) is 2.91. The Balaban J connectivity index is 1.49. The molecule has 1 aromatic rings. The molecule has 0 spiro atoms. The van der Waals surface area contributed by atoms with Crippen LogP contribution in [0.3, 0.4) is 0 Å². The average Bonchev–Trinajstić information content (AvgIpc) is 3.15. The number of amides is 1. The SMILES string of the molecule is O=C(NC[C@H]1CCCO1)C1CCN(S(=O)(=O)Cc2ccccc2F)CC1. The van der Waals surface area contributed by atoms with Crippen LogP contribution in [0.1, 0.15) is 31.2 Å². The first kappa shape index (κ1) is 19.3. The molecule has 3 rings (SSSR count). The lowest BCUT2D eigenvalue weighted by Gasteiger charge is -2.30. The van der Waals surface area contributed by atoms with Gasteiger partial charge in [-0.2, -0.15) is 0 Å². The molecule has 2 aliphatic rings. The fourth-order valence-electron chi connectivity index (χ4n) is 3.46. The molecular formula is C18H25FN2O4S. The summed E-state index contributed by atoms with van der Waals surface area (Å²) in [7, 11) is -3.59. The third kappa shape index (κ3) is 4.81. The van der Waals surface area contributed by atoms with Crippen molar-refractivity contribution in [3.8, 4) is 0 Å². The molecule has 2 heterocycles. The molecule has 26 heavy (non-hydrogen) atoms. The number of sulfonamides is 1. The summed E-state index contributed by atoms with van der Waals surface area (Å²) < 4.78 is 45.6. The minimum absolute atomic E-state index is 0.0355. The van der Waals surface area contributed by atoms with Crippen LogP contribution < -0.4 is 5.32 Å². The van der Waals surface area contributed by atoms with Crippen LogP contribution in [0.5, 0.6) is 0 Å². The van der Waals surface area contributed by atoms with Crippen molar-refractivity contribution in [2.45, 2.75) is 37.5 Å². The maximum atomic E-state index is 13.7. The van der Waals surface area contributed by atoms with Gasteiger partial charge in [0.1, 0.15) is 5.82 Å². The van der Waals surface area contributed by atoms with E-state index in [1.807, 2.05) is 0 Å². The summed E-state index contributed by atoms with van der Waals surface area (Å²) in [5.41, 5.74) is 0.170. The van der Waals surface area contributed by atoms with E-state index in [9.17, 15) is 17.6 Å². The first-order chi connectivity index (χ1) is 12.5. The predicted molar refractivity (Wildman–Crippen MR) is 95.3 cm³/mol. The fraction of sp³-hybridized carbons (Fsp3) is 0.611. The zero-order valence-corrected chi connectivity index (χ0v) is 15.5. The van der Waals surface area contributed by atoms with Crippen LogP contribution in [0.2, 0.25) is 0 Å². The molecule has 1 aromatic carbocycles. The fourth-order valence-corrected chi connectivity index (χ4v) is 5.04. The van der Waals surface area contributed by atoms with Crippen molar-refractivity contribution in [3.63, 3.8) is 0 Å². The van der Waals surface area contributed by atoms with Gasteiger partial charge in [0.2, 0.25) is 15.9 Å². The van der Waals surface area contributed by atoms with Gasteiger partial charge in [0.05, 0.1) is 11.9 Å². The Hall–Kier alpha value is -1.51. The highest BCUT2D eigenvalue weighted by Crippen LogP contribution is 2.23. The van der Waals surface area contributed by atoms with Crippen LogP contribution in [0, 0.1) is 11.7 Å². The van der Waals surface area contributed by atoms with Crippen LogP contribution in [-0.2, 0) is 25.3 Å². The highest BCUT2D eigenvalue weighted by atomic mass is 32.2. The van der Waals surface area contributed by atoms with Gasteiger partial charge in [-0.1, -0.05) is 18.2 Å². The molecule has 0 saturated carbocycles. The Morgan fingerprint density at radius 1 is 1.23 bits per heavy atom. The number of nitrogens with zero attached hydrogens (tertiary/aromatic N) is 1. The molecule has 0 unspecified atom stereocenters. The van der Waals surface area contributed by atoms with Crippen molar-refractivity contribution in [2.75, 3.05) is 26.2 Å². The molecule has 2 fully saturated rings. The summed E-state index contributed by atoms with van der Waals surface area (Å²) >= 11 is 0. The molecule has 144 valence electrons. The van der Waals surface area contributed by atoms with Gasteiger partial charge in [-0.3, -0.25) is 4.79 Å². The van der Waals surface area contributed by atoms with Crippen LogP contribution in [0.25, 0.3) is 0 Å². The van der Waals surface area contributed by atoms with Gasteiger partial charge in [-0.15, -0.1) is 0 Å². The number of halogens is 1. The number of hydrogen-bond acceptors (Lipinski definition) is 4. The van der Waals surface area contributed by atoms with E-state index >= 15 is 0 Å². The van der Waals surface area contributed by atoms with Crippen molar-refractivity contribution in [1.82, 2.24) is 9.62 Å². The predicted octanol–water partition coefficient (Wildman–Crippen LogP) is 1.66. The lowest BCUT2D eigenvalue weighted by Crippen LogP contribution is -2.44. The Labute approximate surface area is 153 Å². The number of carbonyl (C=O) groups excluding carboxylic acids is 1. The smallest absolute Gasteiger partial charge is 0.223 e. The molecule has 1 atom stereocenters. The van der Waals surface area contributed by atoms with E-state index < -0.39 is 15.8 Å². The normalized spacial score (nSPS) is 22.4. The second-order valence-electron chi connectivity index (χ2n) is 6.90. The summed E-state index contributed by atoms with van der Waals surface area (Å²) in [5.74, 6) is -1.09. The van der Waals surface area contributed by atoms with Crippen LogP contribution in [0.4, 0.5) is 4.39 Å². The zero-order chi connectivity index (χ0) is 18.6. The second kappa shape index (κ2) is 8.45. The number of benzene rings is 1. The summed E-state index contributed by atoms with van der Waals surface area (Å²) in [6, 6.07) is 5.90. The molecule has 2 saturated heterocycles. The molecule has 0 radical (unpaired) electrons. The first-order valence-corrected chi connectivity index (χ1v) is 10.7. The van der Waals surface area contributed by atoms with E-state index in [1.165, 1.54) is 22.5 Å². The minimum Gasteiger partial charge on any atom is -0.376 e. The van der Waals surface area contributed by atoms with Gasteiger partial charge in [-0.25, -0.2) is 17.1 Å². The second-order valence-corrected chi connectivity index (χ2v) is 8.87. The summed E-state index contributed by atoms with van der Waals surface area (Å²) in [6.07, 6.45) is 3.05. The zero-order valence-electron chi connectivity index (χ0n) is 14.7. The highest BCUT2D eigenvalue weighted by Gasteiger charge is 2.31. The molecular weight excluding hydrogens is 359 g/mol. The van der Waals surface area contributed by atoms with E-state index in [0.29, 0.717) is 19.4 Å². The number of piperidine rings is 1. The Morgan fingerprint density at radius 3 is 2.62 bits per heavy atom. The molecule has 1 amide bonds.